The quantitative estimate of drug-likeness (QED) is 0.709. The minimum atomic E-state index is -3.74. The molecule has 140 valence electrons. The first-order valence-electron chi connectivity index (χ1n) is 8.38. The molecule has 0 bridgehead atoms. The van der Waals surface area contributed by atoms with Crippen molar-refractivity contribution in [1.29, 1.82) is 0 Å². The molecule has 2 atom stereocenters. The van der Waals surface area contributed by atoms with Crippen LogP contribution in [0.25, 0.3) is 0 Å². The van der Waals surface area contributed by atoms with Gasteiger partial charge in [0.05, 0.1) is 0 Å². The lowest BCUT2D eigenvalue weighted by molar-refractivity contribution is -0.142. The van der Waals surface area contributed by atoms with Gasteiger partial charge in [-0.3, -0.25) is 4.79 Å². The molecule has 9 heteroatoms. The molecule has 2 heterocycles. The van der Waals surface area contributed by atoms with Gasteiger partial charge in [0.2, 0.25) is 5.91 Å². The molecule has 0 radical (unpaired) electrons. The predicted molar refractivity (Wildman–Crippen MR) is 95.1 cm³/mol. The van der Waals surface area contributed by atoms with Crippen LogP contribution in [0.5, 0.6) is 0 Å². The normalized spacial score (nSPS) is 19.7. The van der Waals surface area contributed by atoms with Gasteiger partial charge in [-0.05, 0) is 38.3 Å². The summed E-state index contributed by atoms with van der Waals surface area (Å²) in [6.07, 6.45) is 2.81. The Morgan fingerprint density at radius 2 is 2.16 bits per heavy atom. The number of nitrogens with zero attached hydrogens (tertiary/aromatic N) is 1. The third kappa shape index (κ3) is 4.59. The molecule has 0 aromatic carbocycles. The van der Waals surface area contributed by atoms with Gasteiger partial charge in [0.15, 0.2) is 0 Å². The zero-order chi connectivity index (χ0) is 18.6. The number of carbonyl (C=O) groups excluding carboxylic acids is 1. The summed E-state index contributed by atoms with van der Waals surface area (Å²) >= 11 is 1.17. The van der Waals surface area contributed by atoms with Crippen LogP contribution in [0.1, 0.15) is 43.9 Å². The van der Waals surface area contributed by atoms with E-state index >= 15 is 0 Å². The molecule has 1 aromatic heterocycles. The van der Waals surface area contributed by atoms with E-state index in [1.54, 1.807) is 12.1 Å². The van der Waals surface area contributed by atoms with Gasteiger partial charge < -0.3 is 10.4 Å². The van der Waals surface area contributed by atoms with Crippen LogP contribution >= 0.6 is 11.3 Å². The van der Waals surface area contributed by atoms with Crippen molar-refractivity contribution >= 4 is 33.2 Å². The van der Waals surface area contributed by atoms with Crippen molar-refractivity contribution in [2.45, 2.75) is 62.2 Å². The van der Waals surface area contributed by atoms with E-state index in [9.17, 15) is 23.1 Å². The largest absolute Gasteiger partial charge is 0.480 e. The fraction of sp³-hybridized carbons (Fsp3) is 0.625. The van der Waals surface area contributed by atoms with Crippen LogP contribution in [-0.4, -0.2) is 48.3 Å². The molecule has 0 saturated carbocycles. The molecule has 0 spiro atoms. The van der Waals surface area contributed by atoms with Crippen molar-refractivity contribution < 1.29 is 23.1 Å². The number of unbranched alkanes of at least 4 members (excludes halogenated alkanes) is 1. The smallest absolute Gasteiger partial charge is 0.326 e. The van der Waals surface area contributed by atoms with Gasteiger partial charge in [0.1, 0.15) is 16.3 Å². The molecule has 2 N–H and O–H groups in total. The lowest BCUT2D eigenvalue weighted by Crippen LogP contribution is -2.50. The number of rotatable bonds is 8. The second kappa shape index (κ2) is 8.29. The first-order valence-corrected chi connectivity index (χ1v) is 10.6. The van der Waals surface area contributed by atoms with Crippen molar-refractivity contribution in [3.05, 3.63) is 17.0 Å². The van der Waals surface area contributed by atoms with E-state index in [1.807, 2.05) is 13.8 Å². The van der Waals surface area contributed by atoms with Gasteiger partial charge in [-0.25, -0.2) is 13.2 Å². The van der Waals surface area contributed by atoms with Gasteiger partial charge in [-0.2, -0.15) is 4.31 Å². The van der Waals surface area contributed by atoms with Crippen molar-refractivity contribution in [2.24, 2.45) is 0 Å². The minimum Gasteiger partial charge on any atom is -0.480 e. The van der Waals surface area contributed by atoms with Crippen molar-refractivity contribution in [3.63, 3.8) is 0 Å². The highest BCUT2D eigenvalue weighted by Gasteiger charge is 2.40. The van der Waals surface area contributed by atoms with E-state index in [0.29, 0.717) is 25.7 Å². The van der Waals surface area contributed by atoms with Gasteiger partial charge >= 0.3 is 5.97 Å². The van der Waals surface area contributed by atoms with E-state index in [0.717, 1.165) is 11.3 Å². The minimum absolute atomic E-state index is 0.213. The standard InChI is InChI=1S/C16H24N2O5S2/c1-3-4-6-12(16(20)21)17-15(19)13-7-5-10-18(13)25(22,23)14-9-8-11(2)24-14/h8-9,12-13H,3-7,10H2,1-2H3,(H,17,19)(H,20,21). The zero-order valence-electron chi connectivity index (χ0n) is 14.4. The van der Waals surface area contributed by atoms with Crippen molar-refractivity contribution in [1.82, 2.24) is 9.62 Å². The maximum atomic E-state index is 12.8. The van der Waals surface area contributed by atoms with Crippen LogP contribution in [0.3, 0.4) is 0 Å². The number of aryl methyl sites for hydroxylation is 1. The molecule has 1 aliphatic heterocycles. The molecule has 0 aliphatic carbocycles. The van der Waals surface area contributed by atoms with E-state index in [-0.39, 0.29) is 10.8 Å². The number of carbonyl (C=O) groups is 2. The molecule has 2 rings (SSSR count). The average molecular weight is 389 g/mol. The second-order valence-electron chi connectivity index (χ2n) is 6.18. The molecule has 1 saturated heterocycles. The Hall–Kier alpha value is -1.45. The Morgan fingerprint density at radius 3 is 2.72 bits per heavy atom. The monoisotopic (exact) mass is 388 g/mol. The predicted octanol–water partition coefficient (Wildman–Crippen LogP) is 1.97. The average Bonchev–Trinajstić information content (AvgIpc) is 3.20. The summed E-state index contributed by atoms with van der Waals surface area (Å²) in [5.74, 6) is -1.62. The Labute approximate surface area is 152 Å². The van der Waals surface area contributed by atoms with Gasteiger partial charge in [-0.1, -0.05) is 19.8 Å². The lowest BCUT2D eigenvalue weighted by Gasteiger charge is -2.24. The van der Waals surface area contributed by atoms with Gasteiger partial charge in [-0.15, -0.1) is 11.3 Å². The van der Waals surface area contributed by atoms with Crippen LogP contribution in [0.15, 0.2) is 16.3 Å². The summed E-state index contributed by atoms with van der Waals surface area (Å²) in [4.78, 5) is 24.7. The third-order valence-electron chi connectivity index (χ3n) is 4.25. The van der Waals surface area contributed by atoms with Crippen molar-refractivity contribution in [3.8, 4) is 0 Å². The van der Waals surface area contributed by atoms with Crippen LogP contribution in [0.2, 0.25) is 0 Å². The SMILES string of the molecule is CCCCC(NC(=O)C1CCCN1S(=O)(=O)c1ccc(C)s1)C(=O)O. The molecule has 1 aliphatic rings. The van der Waals surface area contributed by atoms with E-state index in [1.165, 1.54) is 15.6 Å². The first-order chi connectivity index (χ1) is 11.8. The summed E-state index contributed by atoms with van der Waals surface area (Å²) in [5.41, 5.74) is 0. The number of amides is 1. The summed E-state index contributed by atoms with van der Waals surface area (Å²) in [6.45, 7) is 4.03. The molecule has 25 heavy (non-hydrogen) atoms. The highest BCUT2D eigenvalue weighted by molar-refractivity contribution is 7.91. The Kier molecular flexibility index (Phi) is 6.59. The summed E-state index contributed by atoms with van der Waals surface area (Å²) < 4.78 is 27.0. The van der Waals surface area contributed by atoms with E-state index in [2.05, 4.69) is 5.32 Å². The van der Waals surface area contributed by atoms with Crippen LogP contribution in [0, 0.1) is 6.92 Å². The number of hydrogen-bond donors (Lipinski definition) is 2. The Balaban J connectivity index is 2.14. The summed E-state index contributed by atoms with van der Waals surface area (Å²) in [5, 5.41) is 11.8. The summed E-state index contributed by atoms with van der Waals surface area (Å²) in [6, 6.07) is 1.44. The van der Waals surface area contributed by atoms with Crippen LogP contribution in [-0.2, 0) is 19.6 Å². The first kappa shape index (κ1) is 19.9. The fourth-order valence-corrected chi connectivity index (χ4v) is 5.96. The summed E-state index contributed by atoms with van der Waals surface area (Å²) in [7, 11) is -3.74. The topological polar surface area (TPSA) is 104 Å². The highest BCUT2D eigenvalue weighted by Crippen LogP contribution is 2.30. The number of sulfonamides is 1. The molecule has 7 nitrogen and oxygen atoms in total. The molecule has 1 aromatic rings. The Bertz CT molecular complexity index is 729. The molecular formula is C16H24N2O5S2. The number of carboxylic acids is 1. The van der Waals surface area contributed by atoms with Crippen LogP contribution in [0.4, 0.5) is 0 Å². The fourth-order valence-electron chi connectivity index (χ4n) is 2.89. The third-order valence-corrected chi connectivity index (χ3v) is 7.62. The van der Waals surface area contributed by atoms with E-state index in [4.69, 9.17) is 0 Å². The number of nitrogens with one attached hydrogen (secondary N) is 1. The number of thiophene rings is 1. The number of aliphatic carboxylic acids is 1. The van der Waals surface area contributed by atoms with E-state index < -0.39 is 34.0 Å². The maximum Gasteiger partial charge on any atom is 0.326 e. The van der Waals surface area contributed by atoms with Gasteiger partial charge in [0, 0.05) is 11.4 Å². The molecule has 1 fully saturated rings. The zero-order valence-corrected chi connectivity index (χ0v) is 16.0. The molecular weight excluding hydrogens is 364 g/mol. The number of carboxylic acid groups (broad SMARTS) is 1. The van der Waals surface area contributed by atoms with Crippen LogP contribution < -0.4 is 5.32 Å². The lowest BCUT2D eigenvalue weighted by atomic mass is 10.1. The van der Waals surface area contributed by atoms with Gasteiger partial charge in [0.25, 0.3) is 10.0 Å². The number of hydrogen-bond acceptors (Lipinski definition) is 5. The second-order valence-corrected chi connectivity index (χ2v) is 9.59. The maximum absolute atomic E-state index is 12.8. The molecule has 1 amide bonds. The molecule has 2 unspecified atom stereocenters. The highest BCUT2D eigenvalue weighted by atomic mass is 32.2. The van der Waals surface area contributed by atoms with Crippen molar-refractivity contribution in [2.75, 3.05) is 6.54 Å². The Morgan fingerprint density at radius 1 is 1.44 bits per heavy atom.